The van der Waals surface area contributed by atoms with Gasteiger partial charge in [-0.05, 0) is 55.2 Å². The molecule has 0 spiro atoms. The molecule has 4 aliphatic heterocycles. The first-order valence-electron chi connectivity index (χ1n) is 25.0. The zero-order valence-electron chi connectivity index (χ0n) is 42.9. The molecule has 0 bridgehead atoms. The van der Waals surface area contributed by atoms with E-state index in [4.69, 9.17) is 28.9 Å². The highest BCUT2D eigenvalue weighted by atomic mass is 19.1. The van der Waals surface area contributed by atoms with Crippen molar-refractivity contribution in [3.8, 4) is 34.3 Å². The second kappa shape index (κ2) is 19.5. The maximum atomic E-state index is 15.8. The number of aromatic nitrogens is 4. The van der Waals surface area contributed by atoms with E-state index >= 15 is 8.78 Å². The van der Waals surface area contributed by atoms with E-state index in [1.54, 1.807) is 32.9 Å². The number of cyclic esters (lactones) is 2. The van der Waals surface area contributed by atoms with Gasteiger partial charge in [0.15, 0.2) is 34.3 Å². The van der Waals surface area contributed by atoms with Gasteiger partial charge in [-0.2, -0.15) is 0 Å². The van der Waals surface area contributed by atoms with Crippen molar-refractivity contribution < 1.29 is 57.1 Å². The number of hydrogen-bond donors (Lipinski definition) is 5. The topological polar surface area (TPSA) is 255 Å². The van der Waals surface area contributed by atoms with Crippen LogP contribution in [0, 0.1) is 11.6 Å². The van der Waals surface area contributed by atoms with Crippen molar-refractivity contribution in [3.05, 3.63) is 113 Å². The maximum absolute atomic E-state index is 15.8. The van der Waals surface area contributed by atoms with Crippen LogP contribution in [0.15, 0.2) is 46.0 Å². The highest BCUT2D eigenvalue weighted by molar-refractivity contribution is 5.92. The average Bonchev–Trinajstić information content (AvgIpc) is 4.02. The smallest absolute Gasteiger partial charge is 0.343 e. The summed E-state index contributed by atoms with van der Waals surface area (Å²) in [7, 11) is 2.64. The van der Waals surface area contributed by atoms with Crippen LogP contribution in [0.4, 0.5) is 8.78 Å². The van der Waals surface area contributed by atoms with Crippen LogP contribution in [0.5, 0.6) is 11.5 Å². The number of ether oxygens (including phenoxy) is 4. The molecule has 20 nitrogen and oxygen atoms in total. The Morgan fingerprint density at radius 1 is 0.737 bits per heavy atom. The minimum absolute atomic E-state index is 0.00165. The van der Waals surface area contributed by atoms with Gasteiger partial charge in [-0.1, -0.05) is 27.7 Å². The summed E-state index contributed by atoms with van der Waals surface area (Å²) in [4.78, 5) is 93.1. The van der Waals surface area contributed by atoms with E-state index in [1.165, 1.54) is 47.6 Å². The number of hydrogen-bond acceptors (Lipinski definition) is 16. The van der Waals surface area contributed by atoms with Gasteiger partial charge in [-0.25, -0.2) is 28.3 Å². The summed E-state index contributed by atoms with van der Waals surface area (Å²) in [6.45, 7) is 7.80. The van der Waals surface area contributed by atoms with Crippen molar-refractivity contribution >= 4 is 45.6 Å². The molecule has 0 radical (unpaired) electrons. The van der Waals surface area contributed by atoms with E-state index in [1.807, 2.05) is 18.7 Å². The fraction of sp³-hybridized carbons (Fsp3) is 0.407. The fourth-order valence-corrected chi connectivity index (χ4v) is 10.8. The molecule has 76 heavy (non-hydrogen) atoms. The van der Waals surface area contributed by atoms with Crippen LogP contribution >= 0.6 is 0 Å². The molecule has 398 valence electrons. The summed E-state index contributed by atoms with van der Waals surface area (Å²) in [6.07, 6.45) is -0.185. The molecule has 0 saturated carbocycles. The lowest BCUT2D eigenvalue weighted by Crippen LogP contribution is -2.49. The van der Waals surface area contributed by atoms with Crippen molar-refractivity contribution in [2.45, 2.75) is 110 Å². The quantitative estimate of drug-likeness (QED) is 0.0870. The molecule has 0 fully saturated rings. The predicted octanol–water partition coefficient (Wildman–Crippen LogP) is 3.39. The number of aliphatic hydroxyl groups is 2. The molecule has 2 aromatic carbocycles. The molecule has 2 amide bonds. The van der Waals surface area contributed by atoms with Crippen LogP contribution in [0.3, 0.4) is 0 Å². The number of carbonyl (C=O) groups is 4. The summed E-state index contributed by atoms with van der Waals surface area (Å²) in [5, 5.41) is 32.8. The number of fused-ring (bicyclic) bond motifs is 10. The summed E-state index contributed by atoms with van der Waals surface area (Å²) >= 11 is 0. The average molecular weight is 1050 g/mol. The molecule has 3 atom stereocenters. The number of carbonyl (C=O) groups excluding carboxylic acids is 4. The predicted molar refractivity (Wildman–Crippen MR) is 270 cm³/mol. The maximum Gasteiger partial charge on any atom is 0.343 e. The van der Waals surface area contributed by atoms with Crippen molar-refractivity contribution in [2.75, 3.05) is 33.9 Å². The van der Waals surface area contributed by atoms with Gasteiger partial charge in [0.05, 0.1) is 78.8 Å². The third kappa shape index (κ3) is 8.43. The van der Waals surface area contributed by atoms with E-state index in [9.17, 15) is 39.0 Å². The summed E-state index contributed by atoms with van der Waals surface area (Å²) in [6, 6.07) is 7.66. The highest BCUT2D eigenvalue weighted by Crippen LogP contribution is 2.44. The van der Waals surface area contributed by atoms with Crippen molar-refractivity contribution in [1.82, 2.24) is 40.0 Å². The van der Waals surface area contributed by atoms with Crippen LogP contribution in [-0.4, -0.2) is 104 Å². The Kier molecular flexibility index (Phi) is 13.3. The minimum Gasteiger partial charge on any atom is -0.494 e. The number of methoxy groups -OCH3 is 2. The number of benzene rings is 2. The Morgan fingerprint density at radius 2 is 1.20 bits per heavy atom. The van der Waals surface area contributed by atoms with Gasteiger partial charge in [0.25, 0.3) is 11.1 Å². The van der Waals surface area contributed by atoms with Gasteiger partial charge in [0.1, 0.15) is 19.3 Å². The summed E-state index contributed by atoms with van der Waals surface area (Å²) in [5.41, 5.74) is -1.18. The van der Waals surface area contributed by atoms with E-state index < -0.39 is 57.8 Å². The van der Waals surface area contributed by atoms with Crippen LogP contribution in [0.25, 0.3) is 44.6 Å². The van der Waals surface area contributed by atoms with E-state index in [0.29, 0.717) is 33.0 Å². The van der Waals surface area contributed by atoms with Crippen molar-refractivity contribution in [2.24, 2.45) is 0 Å². The largest absolute Gasteiger partial charge is 0.494 e. The van der Waals surface area contributed by atoms with Crippen LogP contribution < -0.4 is 36.5 Å². The standard InChI is InChI=1S/C54H56F2N8O12/c1-8-53(71)35-14-41-46-31(21-63(41)49(67)33(35)23-75-51(53)69)29(27-12-43(73-6)37(55)16-39(27)60-46)19-62(11-10-57-48(66)26(5)59-45(65)18-58-25(3)4)20-30-28-13-44(74-7)38(56)17-40(28)61-47-32(30)22-64-42(47)15-36-34(50(64)68)24-76-52(70)54(36,72)9-2/h12-17,25-26,58,71-72H,8-11,18-24H2,1-7H3,(H,57,66)(H,59,65)/t26-,53-,54-/m0/s1. The van der Waals surface area contributed by atoms with Gasteiger partial charge in [0, 0.05) is 77.4 Å². The van der Waals surface area contributed by atoms with Gasteiger partial charge in [-0.3, -0.25) is 24.1 Å². The van der Waals surface area contributed by atoms with E-state index in [0.717, 1.165) is 0 Å². The number of amides is 2. The lowest BCUT2D eigenvalue weighted by Gasteiger charge is -2.31. The number of halogens is 2. The van der Waals surface area contributed by atoms with Crippen molar-refractivity contribution in [1.29, 1.82) is 0 Å². The second-order valence-electron chi connectivity index (χ2n) is 19.9. The number of esters is 2. The lowest BCUT2D eigenvalue weighted by molar-refractivity contribution is -0.172. The van der Waals surface area contributed by atoms with Gasteiger partial charge < -0.3 is 54.2 Å². The molecule has 10 rings (SSSR count). The third-order valence-electron chi connectivity index (χ3n) is 15.1. The third-order valence-corrected chi connectivity index (χ3v) is 15.1. The number of nitrogens with one attached hydrogen (secondary N) is 3. The molecule has 8 heterocycles. The summed E-state index contributed by atoms with van der Waals surface area (Å²) < 4.78 is 56.1. The fourth-order valence-electron chi connectivity index (χ4n) is 10.8. The summed E-state index contributed by atoms with van der Waals surface area (Å²) in [5.74, 6) is -4.29. The van der Waals surface area contributed by atoms with E-state index in [2.05, 4.69) is 16.0 Å². The Morgan fingerprint density at radius 3 is 1.62 bits per heavy atom. The molecule has 6 aromatic rings. The lowest BCUT2D eigenvalue weighted by atomic mass is 9.86. The zero-order valence-corrected chi connectivity index (χ0v) is 42.9. The Hall–Kier alpha value is -7.66. The number of pyridine rings is 4. The SMILES string of the molecule is CC[C@@]1(O)C(=O)OCc2c1cc1n(c2=O)Cc2c-1nc1cc(F)c(OC)cc1c2CN(CCNC(=O)[C@H](C)NC(=O)CNC(C)C)Cc1c2c(nc3cc(F)c(OC)cc13)-c1cc3c(c(=O)n1C2)COC(=O)[C@]3(O)CC. The molecule has 0 aliphatic carbocycles. The van der Waals surface area contributed by atoms with Crippen LogP contribution in [0.2, 0.25) is 0 Å². The monoisotopic (exact) mass is 1050 g/mol. The van der Waals surface area contributed by atoms with Gasteiger partial charge in [0.2, 0.25) is 11.8 Å². The van der Waals surface area contributed by atoms with Gasteiger partial charge >= 0.3 is 11.9 Å². The molecule has 22 heteroatoms. The first-order chi connectivity index (χ1) is 36.2. The second-order valence-corrected chi connectivity index (χ2v) is 19.9. The van der Waals surface area contributed by atoms with Crippen LogP contribution in [0.1, 0.15) is 92.0 Å². The first kappa shape index (κ1) is 51.8. The highest BCUT2D eigenvalue weighted by Gasteiger charge is 2.47. The van der Waals surface area contributed by atoms with Crippen molar-refractivity contribution in [3.63, 3.8) is 0 Å². The molecule has 5 N–H and O–H groups in total. The Bertz CT molecular complexity index is 3410. The Balaban J connectivity index is 1.13. The molecule has 4 aromatic heterocycles. The molecule has 4 aliphatic rings. The first-order valence-corrected chi connectivity index (χ1v) is 25.0. The molecule has 0 saturated heterocycles. The normalized spacial score (nSPS) is 18.4. The minimum atomic E-state index is -2.12. The molecule has 0 unspecified atom stereocenters. The number of nitrogens with zero attached hydrogens (tertiary/aromatic N) is 5. The molecular weight excluding hydrogens is 991 g/mol. The zero-order chi connectivity index (χ0) is 54.3. The van der Waals surface area contributed by atoms with Gasteiger partial charge in [-0.15, -0.1) is 0 Å². The number of rotatable bonds is 16. The molecular formula is C54H56F2N8O12. The van der Waals surface area contributed by atoms with E-state index in [-0.39, 0.29) is 151 Å². The van der Waals surface area contributed by atoms with Crippen LogP contribution in [-0.2, 0) is 79.2 Å². The Labute approximate surface area is 432 Å².